The van der Waals surface area contributed by atoms with Crippen LogP contribution in [-0.2, 0) is 6.54 Å². The third kappa shape index (κ3) is 1.88. The topological polar surface area (TPSA) is 99.6 Å². The zero-order valence-corrected chi connectivity index (χ0v) is 8.66. The van der Waals surface area contributed by atoms with E-state index in [-0.39, 0.29) is 5.69 Å². The predicted molar refractivity (Wildman–Crippen MR) is 55.2 cm³/mol. The number of nitrogens with zero attached hydrogens (tertiary/aromatic N) is 5. The van der Waals surface area contributed by atoms with Gasteiger partial charge in [0.25, 0.3) is 5.91 Å². The lowest BCUT2D eigenvalue weighted by Crippen LogP contribution is -2.13. The molecule has 2 aromatic rings. The number of carbonyl (C=O) groups is 1. The van der Waals surface area contributed by atoms with Crippen LogP contribution in [0.2, 0.25) is 0 Å². The number of rotatable bonds is 3. The van der Waals surface area contributed by atoms with E-state index in [0.717, 1.165) is 6.54 Å². The third-order valence-corrected chi connectivity index (χ3v) is 2.01. The summed E-state index contributed by atoms with van der Waals surface area (Å²) in [4.78, 5) is 22.7. The molecule has 1 amide bonds. The highest BCUT2D eigenvalue weighted by Gasteiger charge is 2.09. The molecule has 7 heteroatoms. The van der Waals surface area contributed by atoms with Gasteiger partial charge in [-0.3, -0.25) is 9.48 Å². The van der Waals surface area contributed by atoms with E-state index in [2.05, 4.69) is 20.1 Å². The lowest BCUT2D eigenvalue weighted by molar-refractivity contribution is 0.0995. The van der Waals surface area contributed by atoms with Gasteiger partial charge in [-0.25, -0.2) is 15.0 Å². The Morgan fingerprint density at radius 1 is 1.44 bits per heavy atom. The molecule has 16 heavy (non-hydrogen) atoms. The van der Waals surface area contributed by atoms with Crippen molar-refractivity contribution in [1.82, 2.24) is 24.7 Å². The maximum atomic E-state index is 10.9. The van der Waals surface area contributed by atoms with Crippen LogP contribution in [0, 0.1) is 0 Å². The van der Waals surface area contributed by atoms with Crippen molar-refractivity contribution in [3.63, 3.8) is 0 Å². The zero-order valence-electron chi connectivity index (χ0n) is 8.66. The number of hydrogen-bond donors (Lipinski definition) is 1. The van der Waals surface area contributed by atoms with Gasteiger partial charge in [-0.05, 0) is 13.0 Å². The first-order valence-electron chi connectivity index (χ1n) is 4.72. The van der Waals surface area contributed by atoms with Crippen LogP contribution in [0.15, 0.2) is 18.7 Å². The van der Waals surface area contributed by atoms with Gasteiger partial charge in [0.2, 0.25) is 0 Å². The molecule has 2 heterocycles. The van der Waals surface area contributed by atoms with E-state index < -0.39 is 5.91 Å². The fraction of sp³-hybridized carbons (Fsp3) is 0.222. The molecular weight excluding hydrogens is 208 g/mol. The van der Waals surface area contributed by atoms with Crippen LogP contribution in [0.3, 0.4) is 0 Å². The quantitative estimate of drug-likeness (QED) is 0.772. The molecule has 0 atom stereocenters. The van der Waals surface area contributed by atoms with Gasteiger partial charge in [0, 0.05) is 6.54 Å². The summed E-state index contributed by atoms with van der Waals surface area (Å²) in [6.45, 7) is 2.67. The largest absolute Gasteiger partial charge is 0.364 e. The van der Waals surface area contributed by atoms with Crippen LogP contribution < -0.4 is 5.73 Å². The number of carbonyl (C=O) groups excluding carboxylic acids is 1. The molecule has 0 aromatic carbocycles. The summed E-state index contributed by atoms with van der Waals surface area (Å²) >= 11 is 0. The minimum Gasteiger partial charge on any atom is -0.364 e. The predicted octanol–water partition coefficient (Wildman–Crippen LogP) is -0.146. The SMILES string of the molecule is CCn1cnc(-c2cc(C(N)=O)ncn2)n1. The van der Waals surface area contributed by atoms with Gasteiger partial charge in [-0.15, -0.1) is 5.10 Å². The minimum atomic E-state index is -0.599. The van der Waals surface area contributed by atoms with Crippen molar-refractivity contribution in [1.29, 1.82) is 0 Å². The molecule has 0 radical (unpaired) electrons. The molecule has 0 fully saturated rings. The normalized spacial score (nSPS) is 10.3. The Labute approximate surface area is 91.4 Å². The zero-order chi connectivity index (χ0) is 11.5. The fourth-order valence-electron chi connectivity index (χ4n) is 1.18. The van der Waals surface area contributed by atoms with Crippen LogP contribution in [-0.4, -0.2) is 30.6 Å². The van der Waals surface area contributed by atoms with Crippen LogP contribution in [0.1, 0.15) is 17.4 Å². The average Bonchev–Trinajstić information content (AvgIpc) is 2.77. The number of nitrogens with two attached hydrogens (primary N) is 1. The van der Waals surface area contributed by atoms with Gasteiger partial charge in [0.05, 0.1) is 0 Å². The highest BCUT2D eigenvalue weighted by molar-refractivity contribution is 5.91. The van der Waals surface area contributed by atoms with E-state index in [9.17, 15) is 4.79 Å². The molecule has 0 aliphatic rings. The molecule has 0 aliphatic carbocycles. The summed E-state index contributed by atoms with van der Waals surface area (Å²) in [5, 5.41) is 4.16. The molecule has 0 saturated heterocycles. The van der Waals surface area contributed by atoms with Gasteiger partial charge < -0.3 is 5.73 Å². The van der Waals surface area contributed by atoms with Gasteiger partial charge in [-0.2, -0.15) is 0 Å². The minimum absolute atomic E-state index is 0.151. The lowest BCUT2D eigenvalue weighted by Gasteiger charge is -1.96. The van der Waals surface area contributed by atoms with E-state index in [1.165, 1.54) is 12.4 Å². The smallest absolute Gasteiger partial charge is 0.267 e. The first-order chi connectivity index (χ1) is 7.70. The highest BCUT2D eigenvalue weighted by Crippen LogP contribution is 2.10. The van der Waals surface area contributed by atoms with Gasteiger partial charge >= 0.3 is 0 Å². The van der Waals surface area contributed by atoms with Crippen LogP contribution >= 0.6 is 0 Å². The van der Waals surface area contributed by atoms with Gasteiger partial charge in [-0.1, -0.05) is 0 Å². The van der Waals surface area contributed by atoms with Crippen LogP contribution in [0.4, 0.5) is 0 Å². The van der Waals surface area contributed by atoms with Gasteiger partial charge in [0.15, 0.2) is 5.82 Å². The van der Waals surface area contributed by atoms with E-state index >= 15 is 0 Å². The van der Waals surface area contributed by atoms with E-state index in [4.69, 9.17) is 5.73 Å². The summed E-state index contributed by atoms with van der Waals surface area (Å²) in [7, 11) is 0. The molecule has 2 rings (SSSR count). The summed E-state index contributed by atoms with van der Waals surface area (Å²) < 4.78 is 1.67. The summed E-state index contributed by atoms with van der Waals surface area (Å²) in [5.74, 6) is -0.148. The fourth-order valence-corrected chi connectivity index (χ4v) is 1.18. The van der Waals surface area contributed by atoms with E-state index in [0.29, 0.717) is 11.5 Å². The standard InChI is InChI=1S/C9H10N6O/c1-2-15-5-13-9(14-15)7-3-6(8(10)16)11-4-12-7/h3-5H,2H2,1H3,(H2,10,16). The van der Waals surface area contributed by atoms with Crippen molar-refractivity contribution in [2.75, 3.05) is 0 Å². The first-order valence-corrected chi connectivity index (χ1v) is 4.72. The van der Waals surface area contributed by atoms with Crippen molar-refractivity contribution < 1.29 is 4.79 Å². The molecule has 0 bridgehead atoms. The number of aryl methyl sites for hydroxylation is 1. The molecule has 82 valence electrons. The molecule has 0 saturated carbocycles. The maximum Gasteiger partial charge on any atom is 0.267 e. The molecule has 2 N–H and O–H groups in total. The highest BCUT2D eigenvalue weighted by atomic mass is 16.1. The van der Waals surface area contributed by atoms with Gasteiger partial charge in [0.1, 0.15) is 24.0 Å². The molecule has 0 aliphatic heterocycles. The molecular formula is C9H10N6O. The van der Waals surface area contributed by atoms with Crippen molar-refractivity contribution in [3.05, 3.63) is 24.4 Å². The Kier molecular flexibility index (Phi) is 2.59. The number of hydrogen-bond acceptors (Lipinski definition) is 5. The van der Waals surface area contributed by atoms with Crippen molar-refractivity contribution in [3.8, 4) is 11.5 Å². The van der Waals surface area contributed by atoms with Crippen LogP contribution in [0.25, 0.3) is 11.5 Å². The Bertz CT molecular complexity index is 520. The third-order valence-electron chi connectivity index (χ3n) is 2.01. The number of aromatic nitrogens is 5. The van der Waals surface area contributed by atoms with Crippen molar-refractivity contribution in [2.45, 2.75) is 13.5 Å². The Hall–Kier alpha value is -2.31. The summed E-state index contributed by atoms with van der Waals surface area (Å²) in [5.41, 5.74) is 5.75. The second-order valence-corrected chi connectivity index (χ2v) is 3.08. The first kappa shape index (κ1) is 10.2. The average molecular weight is 218 g/mol. The van der Waals surface area contributed by atoms with Crippen LogP contribution in [0.5, 0.6) is 0 Å². The Morgan fingerprint density at radius 3 is 2.88 bits per heavy atom. The Morgan fingerprint density at radius 2 is 2.25 bits per heavy atom. The van der Waals surface area contributed by atoms with Crippen molar-refractivity contribution in [2.24, 2.45) is 5.73 Å². The lowest BCUT2D eigenvalue weighted by atomic mass is 10.3. The molecule has 0 spiro atoms. The number of primary amides is 1. The molecule has 0 unspecified atom stereocenters. The number of amides is 1. The Balaban J connectivity index is 2.40. The summed E-state index contributed by atoms with van der Waals surface area (Å²) in [6.07, 6.45) is 2.86. The van der Waals surface area contributed by atoms with Crippen molar-refractivity contribution >= 4 is 5.91 Å². The summed E-state index contributed by atoms with van der Waals surface area (Å²) in [6, 6.07) is 1.47. The van der Waals surface area contributed by atoms with E-state index in [1.54, 1.807) is 11.0 Å². The monoisotopic (exact) mass is 218 g/mol. The second-order valence-electron chi connectivity index (χ2n) is 3.08. The van der Waals surface area contributed by atoms with E-state index in [1.807, 2.05) is 6.92 Å². The molecule has 7 nitrogen and oxygen atoms in total. The molecule has 2 aromatic heterocycles. The maximum absolute atomic E-state index is 10.9. The second kappa shape index (κ2) is 4.05.